The second kappa shape index (κ2) is 6.80. The number of halogens is 2. The molecule has 2 aromatic rings. The molecule has 22 heavy (non-hydrogen) atoms. The number of rotatable bonds is 5. The highest BCUT2D eigenvalue weighted by Gasteiger charge is 2.18. The first-order chi connectivity index (χ1) is 10.5. The molecule has 116 valence electrons. The molecule has 0 atom stereocenters. The van der Waals surface area contributed by atoms with Gasteiger partial charge in [0.2, 0.25) is 5.82 Å². The Morgan fingerprint density at radius 1 is 1.27 bits per heavy atom. The molecule has 0 aliphatic rings. The van der Waals surface area contributed by atoms with Crippen LogP contribution in [0, 0.1) is 10.1 Å². The number of hydrogen-bond donors (Lipinski definition) is 1. The highest BCUT2D eigenvalue weighted by molar-refractivity contribution is 9.10. The summed E-state index contributed by atoms with van der Waals surface area (Å²) in [4.78, 5) is 14.5. The molecule has 9 heteroatoms. The van der Waals surface area contributed by atoms with Crippen molar-refractivity contribution in [2.24, 2.45) is 0 Å². The minimum absolute atomic E-state index is 0.0702. The zero-order valence-corrected chi connectivity index (χ0v) is 13.9. The van der Waals surface area contributed by atoms with Gasteiger partial charge in [-0.05, 0) is 15.9 Å². The Hall–Kier alpha value is -2.06. The van der Waals surface area contributed by atoms with Gasteiger partial charge in [-0.15, -0.1) is 0 Å². The highest BCUT2D eigenvalue weighted by Crippen LogP contribution is 2.39. The van der Waals surface area contributed by atoms with Crippen LogP contribution >= 0.6 is 27.5 Å². The van der Waals surface area contributed by atoms with E-state index in [2.05, 4.69) is 26.2 Å². The molecule has 0 saturated carbocycles. The van der Waals surface area contributed by atoms with Crippen molar-refractivity contribution in [3.8, 4) is 11.5 Å². The molecule has 1 N–H and O–H groups in total. The second-order valence-corrected chi connectivity index (χ2v) is 5.33. The Morgan fingerprint density at radius 2 is 1.86 bits per heavy atom. The number of nitrogens with zero attached hydrogens (tertiary/aromatic N) is 2. The number of pyridine rings is 1. The van der Waals surface area contributed by atoms with Crippen molar-refractivity contribution in [3.05, 3.63) is 44.0 Å². The van der Waals surface area contributed by atoms with Gasteiger partial charge in [-0.1, -0.05) is 11.6 Å². The SMILES string of the molecule is COc1cc(Nc2ncc(Cl)cc2[N+](=O)[O-])cc(OC)c1Br. The van der Waals surface area contributed by atoms with Crippen LogP contribution < -0.4 is 14.8 Å². The summed E-state index contributed by atoms with van der Waals surface area (Å²) in [7, 11) is 3.01. The van der Waals surface area contributed by atoms with Gasteiger partial charge >= 0.3 is 5.69 Å². The molecule has 1 aromatic heterocycles. The number of nitro groups is 1. The molecule has 0 aliphatic heterocycles. The predicted octanol–water partition coefficient (Wildman–Crippen LogP) is 4.17. The van der Waals surface area contributed by atoms with Crippen LogP contribution in [-0.4, -0.2) is 24.1 Å². The van der Waals surface area contributed by atoms with Crippen LogP contribution in [0.5, 0.6) is 11.5 Å². The van der Waals surface area contributed by atoms with Gasteiger partial charge in [0, 0.05) is 30.1 Å². The summed E-state index contributed by atoms with van der Waals surface area (Å²) < 4.78 is 11.1. The van der Waals surface area contributed by atoms with E-state index in [1.807, 2.05) is 0 Å². The molecule has 0 saturated heterocycles. The van der Waals surface area contributed by atoms with E-state index in [4.69, 9.17) is 21.1 Å². The number of benzene rings is 1. The molecule has 7 nitrogen and oxygen atoms in total. The largest absolute Gasteiger partial charge is 0.495 e. The number of anilines is 2. The summed E-state index contributed by atoms with van der Waals surface area (Å²) in [6.07, 6.45) is 1.32. The van der Waals surface area contributed by atoms with Gasteiger partial charge in [-0.2, -0.15) is 0 Å². The fourth-order valence-corrected chi connectivity index (χ4v) is 2.45. The second-order valence-electron chi connectivity index (χ2n) is 4.10. The summed E-state index contributed by atoms with van der Waals surface area (Å²) in [5.41, 5.74) is 0.295. The van der Waals surface area contributed by atoms with E-state index in [1.54, 1.807) is 12.1 Å². The van der Waals surface area contributed by atoms with Crippen molar-refractivity contribution in [1.82, 2.24) is 4.98 Å². The Kier molecular flexibility index (Phi) is 5.04. The van der Waals surface area contributed by atoms with Gasteiger partial charge in [-0.25, -0.2) is 4.98 Å². The number of ether oxygens (including phenoxy) is 2. The lowest BCUT2D eigenvalue weighted by Crippen LogP contribution is -2.00. The third-order valence-corrected chi connectivity index (χ3v) is 3.73. The molecule has 0 amide bonds. The molecule has 0 fully saturated rings. The number of aromatic nitrogens is 1. The van der Waals surface area contributed by atoms with Gasteiger partial charge in [-0.3, -0.25) is 10.1 Å². The summed E-state index contributed by atoms with van der Waals surface area (Å²) in [6.45, 7) is 0. The van der Waals surface area contributed by atoms with Crippen LogP contribution in [0.15, 0.2) is 28.9 Å². The van der Waals surface area contributed by atoms with E-state index in [1.165, 1.54) is 26.5 Å². The lowest BCUT2D eigenvalue weighted by molar-refractivity contribution is -0.384. The van der Waals surface area contributed by atoms with E-state index in [0.29, 0.717) is 21.7 Å². The fraction of sp³-hybridized carbons (Fsp3) is 0.154. The third-order valence-electron chi connectivity index (χ3n) is 2.74. The molecular weight excluding hydrogens is 378 g/mol. The molecule has 1 heterocycles. The number of nitrogens with one attached hydrogen (secondary N) is 1. The van der Waals surface area contributed by atoms with E-state index in [0.717, 1.165) is 0 Å². The predicted molar refractivity (Wildman–Crippen MR) is 86.4 cm³/mol. The first-order valence-corrected chi connectivity index (χ1v) is 7.11. The molecule has 0 aliphatic carbocycles. The average molecular weight is 389 g/mol. The first-order valence-electron chi connectivity index (χ1n) is 5.94. The Balaban J connectivity index is 2.45. The van der Waals surface area contributed by atoms with Crippen molar-refractivity contribution < 1.29 is 14.4 Å². The molecule has 0 bridgehead atoms. The molecule has 2 rings (SSSR count). The van der Waals surface area contributed by atoms with Gasteiger partial charge in [0.05, 0.1) is 24.2 Å². The van der Waals surface area contributed by atoms with Crippen LogP contribution in [0.1, 0.15) is 0 Å². The first kappa shape index (κ1) is 16.3. The number of hydrogen-bond acceptors (Lipinski definition) is 6. The molecular formula is C13H11BrClN3O4. The quantitative estimate of drug-likeness (QED) is 0.611. The minimum atomic E-state index is -0.561. The Labute approximate surface area is 139 Å². The summed E-state index contributed by atoms with van der Waals surface area (Å²) in [6, 6.07) is 4.55. The monoisotopic (exact) mass is 387 g/mol. The van der Waals surface area contributed by atoms with E-state index in [9.17, 15) is 10.1 Å². The van der Waals surface area contributed by atoms with Gasteiger partial charge in [0.25, 0.3) is 0 Å². The third kappa shape index (κ3) is 3.40. The van der Waals surface area contributed by atoms with E-state index in [-0.39, 0.29) is 16.5 Å². The lowest BCUT2D eigenvalue weighted by atomic mass is 10.2. The fourth-order valence-electron chi connectivity index (χ4n) is 1.74. The van der Waals surface area contributed by atoms with E-state index < -0.39 is 4.92 Å². The maximum Gasteiger partial charge on any atom is 0.313 e. The highest BCUT2D eigenvalue weighted by atomic mass is 79.9. The van der Waals surface area contributed by atoms with Crippen molar-refractivity contribution >= 4 is 44.7 Å². The van der Waals surface area contributed by atoms with Crippen molar-refractivity contribution in [2.45, 2.75) is 0 Å². The minimum Gasteiger partial charge on any atom is -0.495 e. The van der Waals surface area contributed by atoms with E-state index >= 15 is 0 Å². The Morgan fingerprint density at radius 3 is 2.36 bits per heavy atom. The average Bonchev–Trinajstić information content (AvgIpc) is 2.50. The molecule has 0 spiro atoms. The summed E-state index contributed by atoms with van der Waals surface area (Å²) >= 11 is 9.09. The summed E-state index contributed by atoms with van der Waals surface area (Å²) in [5.74, 6) is 1.10. The van der Waals surface area contributed by atoms with Crippen molar-refractivity contribution in [1.29, 1.82) is 0 Å². The Bertz CT molecular complexity index is 701. The molecule has 1 aromatic carbocycles. The maximum atomic E-state index is 11.1. The number of methoxy groups -OCH3 is 2. The zero-order chi connectivity index (χ0) is 16.3. The van der Waals surface area contributed by atoms with Crippen LogP contribution in [0.3, 0.4) is 0 Å². The molecule has 0 unspecified atom stereocenters. The van der Waals surface area contributed by atoms with Crippen molar-refractivity contribution in [2.75, 3.05) is 19.5 Å². The van der Waals surface area contributed by atoms with Crippen LogP contribution in [0.25, 0.3) is 0 Å². The van der Waals surface area contributed by atoms with Gasteiger partial charge < -0.3 is 14.8 Å². The summed E-state index contributed by atoms with van der Waals surface area (Å²) in [5, 5.41) is 14.1. The van der Waals surface area contributed by atoms with Crippen LogP contribution in [0.4, 0.5) is 17.2 Å². The molecule has 0 radical (unpaired) electrons. The zero-order valence-electron chi connectivity index (χ0n) is 11.6. The normalized spacial score (nSPS) is 10.2. The van der Waals surface area contributed by atoms with Crippen LogP contribution in [-0.2, 0) is 0 Å². The van der Waals surface area contributed by atoms with Crippen LogP contribution in [0.2, 0.25) is 5.02 Å². The van der Waals surface area contributed by atoms with Gasteiger partial charge in [0.1, 0.15) is 16.0 Å². The topological polar surface area (TPSA) is 86.5 Å². The smallest absolute Gasteiger partial charge is 0.313 e. The van der Waals surface area contributed by atoms with Crippen molar-refractivity contribution in [3.63, 3.8) is 0 Å². The maximum absolute atomic E-state index is 11.1. The standard InChI is InChI=1S/C13H11BrClN3O4/c1-21-10-4-8(5-11(22-2)12(10)14)17-13-9(18(19)20)3-7(15)6-16-13/h3-6H,1-2H3,(H,16,17). The van der Waals surface area contributed by atoms with Gasteiger partial charge in [0.15, 0.2) is 0 Å². The lowest BCUT2D eigenvalue weighted by Gasteiger charge is -2.12.